The molecule has 0 fully saturated rings. The summed E-state index contributed by atoms with van der Waals surface area (Å²) in [7, 11) is 0. The van der Waals surface area contributed by atoms with Crippen molar-refractivity contribution in [3.63, 3.8) is 0 Å². The van der Waals surface area contributed by atoms with Gasteiger partial charge < -0.3 is 8.98 Å². The highest BCUT2D eigenvalue weighted by molar-refractivity contribution is 6.21. The van der Waals surface area contributed by atoms with Gasteiger partial charge in [0.1, 0.15) is 11.2 Å². The zero-order valence-corrected chi connectivity index (χ0v) is 28.4. The molecular weight excluding hydrogens is 649 g/mol. The first-order chi connectivity index (χ1) is 26.3. The molecule has 246 valence electrons. The molecule has 5 nitrogen and oxygen atoms in total. The van der Waals surface area contributed by atoms with E-state index in [0.717, 1.165) is 71.6 Å². The summed E-state index contributed by atoms with van der Waals surface area (Å²) in [5.41, 5.74) is 9.94. The molecule has 0 amide bonds. The summed E-state index contributed by atoms with van der Waals surface area (Å²) in [5, 5.41) is 10.5. The number of nitrogens with zero attached hydrogens (tertiary/aromatic N) is 4. The number of hydrogen-bond acceptors (Lipinski definition) is 3. The molecule has 4 aromatic heterocycles. The Morgan fingerprint density at radius 2 is 1.08 bits per heavy atom. The molecule has 0 bridgehead atoms. The molecule has 0 N–H and O–H groups in total. The third kappa shape index (κ3) is 3.96. The highest BCUT2D eigenvalue weighted by Gasteiger charge is 2.21. The van der Waals surface area contributed by atoms with Gasteiger partial charge >= 0.3 is 0 Å². The number of aromatic nitrogens is 4. The summed E-state index contributed by atoms with van der Waals surface area (Å²) in [4.78, 5) is 10.6. The molecule has 0 saturated heterocycles. The van der Waals surface area contributed by atoms with Crippen LogP contribution >= 0.6 is 0 Å². The molecule has 0 saturated carbocycles. The minimum absolute atomic E-state index is 0.620. The number of hydrogen-bond donors (Lipinski definition) is 0. The average molecular weight is 677 g/mol. The van der Waals surface area contributed by atoms with Gasteiger partial charge in [-0.05, 0) is 65.4 Å². The van der Waals surface area contributed by atoms with E-state index >= 15 is 0 Å². The van der Waals surface area contributed by atoms with Crippen LogP contribution in [0.25, 0.3) is 110 Å². The minimum atomic E-state index is 0.620. The van der Waals surface area contributed by atoms with Gasteiger partial charge in [-0.15, -0.1) is 0 Å². The zero-order valence-electron chi connectivity index (χ0n) is 28.4. The molecular formula is C48H28N4O. The molecule has 53 heavy (non-hydrogen) atoms. The zero-order chi connectivity index (χ0) is 34.6. The van der Waals surface area contributed by atoms with E-state index in [0.29, 0.717) is 5.95 Å². The number of furan rings is 1. The molecule has 0 atom stereocenters. The van der Waals surface area contributed by atoms with Crippen LogP contribution in [0.4, 0.5) is 0 Å². The standard InChI is InChI=1S/C48H28N4O/c1-2-13-31-29(12-1)24-26-43-45(31)36-17-5-9-22-41(36)51(43)30-25-27-42-38(28-30)32-14-4-8-21-40(32)52(42)48-49-39-20-7-3-16-35(39)46(50-48)37-19-11-18-34-33-15-6-10-23-44(33)53-47(34)37/h1-28H. The Hall–Kier alpha value is -7.24. The van der Waals surface area contributed by atoms with Crippen LogP contribution in [0, 0.1) is 0 Å². The Morgan fingerprint density at radius 3 is 1.96 bits per heavy atom. The predicted molar refractivity (Wildman–Crippen MR) is 218 cm³/mol. The number of rotatable bonds is 3. The van der Waals surface area contributed by atoms with Gasteiger partial charge in [0, 0.05) is 49.0 Å². The predicted octanol–water partition coefficient (Wildman–Crippen LogP) is 12.5. The fourth-order valence-corrected chi connectivity index (χ4v) is 8.64. The first-order valence-electron chi connectivity index (χ1n) is 17.9. The van der Waals surface area contributed by atoms with Crippen LogP contribution in [0.2, 0.25) is 0 Å². The van der Waals surface area contributed by atoms with Gasteiger partial charge in [0.15, 0.2) is 0 Å². The topological polar surface area (TPSA) is 48.8 Å². The summed E-state index contributed by atoms with van der Waals surface area (Å²) in [6.07, 6.45) is 0. The Kier molecular flexibility index (Phi) is 5.71. The van der Waals surface area contributed by atoms with Crippen LogP contribution in [0.15, 0.2) is 174 Å². The third-order valence-electron chi connectivity index (χ3n) is 10.9. The Morgan fingerprint density at radius 1 is 0.415 bits per heavy atom. The number of benzene rings is 8. The van der Waals surface area contributed by atoms with Gasteiger partial charge in [0.25, 0.3) is 0 Å². The minimum Gasteiger partial charge on any atom is -0.455 e. The van der Waals surface area contributed by atoms with Crippen molar-refractivity contribution in [1.82, 2.24) is 19.1 Å². The molecule has 12 aromatic rings. The highest BCUT2D eigenvalue weighted by Crippen LogP contribution is 2.41. The average Bonchev–Trinajstić information content (AvgIpc) is 3.88. The molecule has 0 aliphatic rings. The lowest BCUT2D eigenvalue weighted by molar-refractivity contribution is 0.670. The maximum Gasteiger partial charge on any atom is 0.235 e. The first kappa shape index (κ1) is 28.5. The second kappa shape index (κ2) is 10.6. The van der Waals surface area contributed by atoms with Gasteiger partial charge in [0.2, 0.25) is 5.95 Å². The normalized spacial score (nSPS) is 12.2. The van der Waals surface area contributed by atoms with Crippen LogP contribution in [0.5, 0.6) is 0 Å². The molecule has 0 aliphatic carbocycles. The van der Waals surface area contributed by atoms with Crippen LogP contribution in [0.1, 0.15) is 0 Å². The van der Waals surface area contributed by atoms with E-state index in [1.807, 2.05) is 24.3 Å². The summed E-state index contributed by atoms with van der Waals surface area (Å²) >= 11 is 0. The monoisotopic (exact) mass is 676 g/mol. The van der Waals surface area contributed by atoms with Crippen molar-refractivity contribution in [3.05, 3.63) is 170 Å². The van der Waals surface area contributed by atoms with Gasteiger partial charge in [0.05, 0.1) is 33.3 Å². The molecule has 0 spiro atoms. The largest absolute Gasteiger partial charge is 0.455 e. The van der Waals surface area contributed by atoms with Gasteiger partial charge in [-0.1, -0.05) is 115 Å². The smallest absolute Gasteiger partial charge is 0.235 e. The Bertz CT molecular complexity index is 3470. The van der Waals surface area contributed by atoms with E-state index in [4.69, 9.17) is 14.4 Å². The van der Waals surface area contributed by atoms with E-state index in [1.165, 1.54) is 32.6 Å². The van der Waals surface area contributed by atoms with Crippen LogP contribution in [-0.2, 0) is 0 Å². The van der Waals surface area contributed by atoms with Crippen molar-refractivity contribution in [1.29, 1.82) is 0 Å². The summed E-state index contributed by atoms with van der Waals surface area (Å²) in [6, 6.07) is 60.0. The molecule has 8 aromatic carbocycles. The second-order valence-electron chi connectivity index (χ2n) is 13.8. The van der Waals surface area contributed by atoms with Crippen molar-refractivity contribution in [3.8, 4) is 22.9 Å². The maximum absolute atomic E-state index is 6.52. The Balaban J connectivity index is 1.13. The van der Waals surface area contributed by atoms with Gasteiger partial charge in [-0.25, -0.2) is 9.97 Å². The van der Waals surface area contributed by atoms with Gasteiger partial charge in [-0.2, -0.15) is 0 Å². The quantitative estimate of drug-likeness (QED) is 0.187. The molecule has 12 rings (SSSR count). The molecule has 0 aliphatic heterocycles. The lowest BCUT2D eigenvalue weighted by Crippen LogP contribution is -2.03. The number of para-hydroxylation sites is 5. The first-order valence-corrected chi connectivity index (χ1v) is 17.9. The van der Waals surface area contributed by atoms with Crippen molar-refractivity contribution in [2.75, 3.05) is 0 Å². The van der Waals surface area contributed by atoms with Crippen LogP contribution in [-0.4, -0.2) is 19.1 Å². The van der Waals surface area contributed by atoms with E-state index < -0.39 is 0 Å². The molecule has 0 radical (unpaired) electrons. The highest BCUT2D eigenvalue weighted by atomic mass is 16.3. The molecule has 4 heterocycles. The summed E-state index contributed by atoms with van der Waals surface area (Å²) < 4.78 is 11.1. The Labute approximate surface area is 302 Å². The van der Waals surface area contributed by atoms with Crippen molar-refractivity contribution in [2.45, 2.75) is 0 Å². The third-order valence-corrected chi connectivity index (χ3v) is 10.9. The lowest BCUT2D eigenvalue weighted by atomic mass is 10.0. The van der Waals surface area contributed by atoms with Crippen molar-refractivity contribution >= 4 is 87.2 Å². The number of fused-ring (bicyclic) bond motifs is 12. The second-order valence-corrected chi connectivity index (χ2v) is 13.8. The lowest BCUT2D eigenvalue weighted by Gasteiger charge is -2.12. The SMILES string of the molecule is c1ccc2c(c1)ccc1c2c2ccccc2n1-c1ccc2c(c1)c1ccccc1n2-c1nc(-c2cccc3c2oc2ccccc23)c2ccccc2n1. The van der Waals surface area contributed by atoms with E-state index in [2.05, 4.69) is 155 Å². The van der Waals surface area contributed by atoms with E-state index in [1.54, 1.807) is 0 Å². The van der Waals surface area contributed by atoms with Crippen molar-refractivity contribution < 1.29 is 4.42 Å². The van der Waals surface area contributed by atoms with Crippen LogP contribution in [0.3, 0.4) is 0 Å². The summed E-state index contributed by atoms with van der Waals surface area (Å²) in [6.45, 7) is 0. The fraction of sp³-hybridized carbons (Fsp3) is 0. The van der Waals surface area contributed by atoms with Crippen LogP contribution < -0.4 is 0 Å². The summed E-state index contributed by atoms with van der Waals surface area (Å²) in [5.74, 6) is 0.620. The molecule has 5 heteroatoms. The fourth-order valence-electron chi connectivity index (χ4n) is 8.64. The maximum atomic E-state index is 6.52. The van der Waals surface area contributed by atoms with Crippen molar-refractivity contribution in [2.24, 2.45) is 0 Å². The van der Waals surface area contributed by atoms with E-state index in [9.17, 15) is 0 Å². The van der Waals surface area contributed by atoms with E-state index in [-0.39, 0.29) is 0 Å². The van der Waals surface area contributed by atoms with Gasteiger partial charge in [-0.3, -0.25) is 4.57 Å². The molecule has 0 unspecified atom stereocenters.